The Labute approximate surface area is 211 Å². The summed E-state index contributed by atoms with van der Waals surface area (Å²) in [5.74, 6) is 2.75. The molecule has 0 unspecified atom stereocenters. The average Bonchev–Trinajstić information content (AvgIpc) is 3.69. The van der Waals surface area contributed by atoms with Gasteiger partial charge in [-0.1, -0.05) is 37.3 Å². The summed E-state index contributed by atoms with van der Waals surface area (Å²) in [4.78, 5) is 28.7. The minimum atomic E-state index is -0.953. The van der Waals surface area contributed by atoms with Crippen LogP contribution in [0.25, 0.3) is 0 Å². The SMILES string of the molecule is CC[C@H]1C[C@@](C#N)(C2CC2)C(=O)N1c1nc(C)nc(N[C@@H](C)c2ccc(Oc3ccccc3)cc2)n1. The van der Waals surface area contributed by atoms with Gasteiger partial charge in [-0.25, -0.2) is 0 Å². The van der Waals surface area contributed by atoms with E-state index in [4.69, 9.17) is 4.74 Å². The highest BCUT2D eigenvalue weighted by Crippen LogP contribution is 2.53. The lowest BCUT2D eigenvalue weighted by atomic mass is 9.81. The van der Waals surface area contributed by atoms with E-state index in [9.17, 15) is 10.1 Å². The Bertz CT molecular complexity index is 1290. The third-order valence-corrected chi connectivity index (χ3v) is 7.12. The lowest BCUT2D eigenvalue weighted by molar-refractivity contribution is -0.124. The summed E-state index contributed by atoms with van der Waals surface area (Å²) < 4.78 is 5.88. The van der Waals surface area contributed by atoms with E-state index < -0.39 is 5.41 Å². The number of ether oxygens (including phenoxy) is 1. The first-order chi connectivity index (χ1) is 17.4. The summed E-state index contributed by atoms with van der Waals surface area (Å²) in [6.07, 6.45) is 3.13. The molecular formula is C28H30N6O2. The number of anilines is 2. The molecule has 2 aromatic carbocycles. The minimum Gasteiger partial charge on any atom is -0.457 e. The molecule has 0 spiro atoms. The second kappa shape index (κ2) is 9.57. The molecule has 8 nitrogen and oxygen atoms in total. The fourth-order valence-electron chi connectivity index (χ4n) is 4.98. The molecule has 5 rings (SSSR count). The average molecular weight is 483 g/mol. The van der Waals surface area contributed by atoms with Crippen LogP contribution in [0.1, 0.15) is 57.0 Å². The van der Waals surface area contributed by atoms with Gasteiger partial charge in [-0.2, -0.15) is 20.2 Å². The standard InChI is InChI=1S/C28H30N6O2/c1-4-22-16-28(17-29,21-12-13-21)25(35)34(22)27-32-19(3)31-26(33-27)30-18(2)20-10-14-24(15-11-20)36-23-8-6-5-7-9-23/h5-11,14-15,18,21-22H,4,12-13,16H2,1-3H3,(H,30,31,32,33)/t18-,22-,28+/m0/s1. The molecule has 1 saturated heterocycles. The van der Waals surface area contributed by atoms with E-state index in [0.717, 1.165) is 36.3 Å². The second-order valence-corrected chi connectivity index (χ2v) is 9.66. The van der Waals surface area contributed by atoms with Crippen molar-refractivity contribution < 1.29 is 9.53 Å². The zero-order chi connectivity index (χ0) is 25.3. The first-order valence-corrected chi connectivity index (χ1v) is 12.5. The number of hydrogen-bond donors (Lipinski definition) is 1. The maximum absolute atomic E-state index is 13.5. The Morgan fingerprint density at radius 3 is 2.44 bits per heavy atom. The summed E-state index contributed by atoms with van der Waals surface area (Å²) in [6, 6.07) is 19.7. The van der Waals surface area contributed by atoms with Crippen LogP contribution in [0.5, 0.6) is 11.5 Å². The molecule has 0 bridgehead atoms. The molecule has 1 aliphatic carbocycles. The lowest BCUT2D eigenvalue weighted by Gasteiger charge is -2.23. The summed E-state index contributed by atoms with van der Waals surface area (Å²) in [7, 11) is 0. The van der Waals surface area contributed by atoms with Crippen LogP contribution in [0.2, 0.25) is 0 Å². The number of carbonyl (C=O) groups is 1. The number of carbonyl (C=O) groups excluding carboxylic acids is 1. The highest BCUT2D eigenvalue weighted by molar-refractivity contribution is 6.01. The number of hydrogen-bond acceptors (Lipinski definition) is 7. The normalized spacial score (nSPS) is 22.2. The molecule has 2 aliphatic rings. The van der Waals surface area contributed by atoms with Gasteiger partial charge in [0, 0.05) is 6.04 Å². The van der Waals surface area contributed by atoms with Crippen LogP contribution in [0.4, 0.5) is 11.9 Å². The van der Waals surface area contributed by atoms with Gasteiger partial charge in [0.15, 0.2) is 0 Å². The molecule has 1 aliphatic heterocycles. The van der Waals surface area contributed by atoms with Crippen molar-refractivity contribution >= 4 is 17.8 Å². The van der Waals surface area contributed by atoms with E-state index in [1.54, 1.807) is 11.8 Å². The summed E-state index contributed by atoms with van der Waals surface area (Å²) in [5, 5.41) is 13.3. The number of amides is 1. The van der Waals surface area contributed by atoms with E-state index in [1.165, 1.54) is 0 Å². The van der Waals surface area contributed by atoms with Crippen molar-refractivity contribution in [2.24, 2.45) is 11.3 Å². The Morgan fingerprint density at radius 1 is 1.11 bits per heavy atom. The van der Waals surface area contributed by atoms with Crippen molar-refractivity contribution in [1.29, 1.82) is 5.26 Å². The number of para-hydroxylation sites is 1. The predicted octanol–water partition coefficient (Wildman–Crippen LogP) is 5.58. The highest BCUT2D eigenvalue weighted by Gasteiger charge is 2.60. The maximum atomic E-state index is 13.5. The molecule has 1 N–H and O–H groups in total. The zero-order valence-electron chi connectivity index (χ0n) is 20.8. The highest BCUT2D eigenvalue weighted by atomic mass is 16.5. The van der Waals surface area contributed by atoms with Gasteiger partial charge in [0.1, 0.15) is 22.7 Å². The third kappa shape index (κ3) is 4.49. The molecule has 36 heavy (non-hydrogen) atoms. The van der Waals surface area contributed by atoms with Crippen molar-refractivity contribution in [2.75, 3.05) is 10.2 Å². The van der Waals surface area contributed by atoms with Crippen molar-refractivity contribution in [1.82, 2.24) is 15.0 Å². The number of benzene rings is 2. The fourth-order valence-corrected chi connectivity index (χ4v) is 4.98. The first kappa shape index (κ1) is 23.7. The quantitative estimate of drug-likeness (QED) is 0.447. The lowest BCUT2D eigenvalue weighted by Crippen LogP contribution is -2.38. The smallest absolute Gasteiger partial charge is 0.250 e. The van der Waals surface area contributed by atoms with E-state index in [0.29, 0.717) is 24.1 Å². The Hall–Kier alpha value is -3.99. The number of aryl methyl sites for hydroxylation is 1. The molecule has 8 heteroatoms. The van der Waals surface area contributed by atoms with Gasteiger partial charge in [-0.3, -0.25) is 9.69 Å². The number of nitriles is 1. The molecule has 3 aromatic rings. The molecule has 0 radical (unpaired) electrons. The number of nitrogens with one attached hydrogen (secondary N) is 1. The topological polar surface area (TPSA) is 104 Å². The molecule has 1 aromatic heterocycles. The molecule has 2 fully saturated rings. The molecule has 1 amide bonds. The van der Waals surface area contributed by atoms with Crippen molar-refractivity contribution in [3.05, 3.63) is 66.0 Å². The maximum Gasteiger partial charge on any atom is 0.250 e. The van der Waals surface area contributed by atoms with Crippen molar-refractivity contribution in [3.63, 3.8) is 0 Å². The van der Waals surface area contributed by atoms with Gasteiger partial charge in [-0.15, -0.1) is 0 Å². The summed E-state index contributed by atoms with van der Waals surface area (Å²) in [5.41, 5.74) is 0.0852. The van der Waals surface area contributed by atoms with E-state index in [-0.39, 0.29) is 23.9 Å². The van der Waals surface area contributed by atoms with Crippen LogP contribution in [0.3, 0.4) is 0 Å². The van der Waals surface area contributed by atoms with Gasteiger partial charge < -0.3 is 10.1 Å². The predicted molar refractivity (Wildman–Crippen MR) is 137 cm³/mol. The molecule has 184 valence electrons. The minimum absolute atomic E-state index is 0.0914. The Kier molecular flexibility index (Phi) is 6.31. The molecule has 1 saturated carbocycles. The molecule has 2 heterocycles. The van der Waals surface area contributed by atoms with Crippen molar-refractivity contribution in [2.45, 2.75) is 58.5 Å². The van der Waals surface area contributed by atoms with Crippen LogP contribution in [-0.4, -0.2) is 26.9 Å². The fraction of sp³-hybridized carbons (Fsp3) is 0.393. The van der Waals surface area contributed by atoms with Gasteiger partial charge in [0.05, 0.1) is 12.1 Å². The van der Waals surface area contributed by atoms with Crippen LogP contribution in [0, 0.1) is 29.6 Å². The molecular weight excluding hydrogens is 452 g/mol. The first-order valence-electron chi connectivity index (χ1n) is 12.5. The number of aromatic nitrogens is 3. The summed E-state index contributed by atoms with van der Waals surface area (Å²) >= 11 is 0. The summed E-state index contributed by atoms with van der Waals surface area (Å²) in [6.45, 7) is 5.85. The number of nitrogens with zero attached hydrogens (tertiary/aromatic N) is 5. The monoisotopic (exact) mass is 482 g/mol. The Balaban J connectivity index is 1.34. The van der Waals surface area contributed by atoms with Crippen LogP contribution in [-0.2, 0) is 4.79 Å². The van der Waals surface area contributed by atoms with Crippen LogP contribution in [0.15, 0.2) is 54.6 Å². The van der Waals surface area contributed by atoms with Gasteiger partial charge in [0.2, 0.25) is 17.8 Å². The van der Waals surface area contributed by atoms with Gasteiger partial charge in [0.25, 0.3) is 0 Å². The zero-order valence-corrected chi connectivity index (χ0v) is 20.8. The van der Waals surface area contributed by atoms with Gasteiger partial charge in [-0.05, 0) is 75.3 Å². The van der Waals surface area contributed by atoms with E-state index >= 15 is 0 Å². The largest absolute Gasteiger partial charge is 0.457 e. The van der Waals surface area contributed by atoms with Crippen molar-refractivity contribution in [3.8, 4) is 17.6 Å². The molecule has 3 atom stereocenters. The Morgan fingerprint density at radius 2 is 1.81 bits per heavy atom. The number of rotatable bonds is 8. The van der Waals surface area contributed by atoms with Crippen LogP contribution >= 0.6 is 0 Å². The van der Waals surface area contributed by atoms with Gasteiger partial charge >= 0.3 is 0 Å². The second-order valence-electron chi connectivity index (χ2n) is 9.66. The van der Waals surface area contributed by atoms with Crippen LogP contribution < -0.4 is 15.0 Å². The van der Waals surface area contributed by atoms with E-state index in [1.807, 2.05) is 68.4 Å². The van der Waals surface area contributed by atoms with E-state index in [2.05, 4.69) is 26.3 Å². The third-order valence-electron chi connectivity index (χ3n) is 7.12.